The Balaban J connectivity index is 1.63. The van der Waals surface area contributed by atoms with Crippen LogP contribution >= 0.6 is 11.6 Å². The summed E-state index contributed by atoms with van der Waals surface area (Å²) in [5.74, 6) is 0.649. The Morgan fingerprint density at radius 2 is 1.76 bits per heavy atom. The molecule has 6 nitrogen and oxygen atoms in total. The summed E-state index contributed by atoms with van der Waals surface area (Å²) in [6.07, 6.45) is 0. The standard InChI is InChI=1S/C21H18ClFN2O4/c1-28-21-10-15(12-24-16-5-8-19(23)18(22)11-16)4-9-20(21)29-13-14-2-6-17(7-3-14)25(26)27/h2-11,24H,12-13H2,1H3. The van der Waals surface area contributed by atoms with Gasteiger partial charge in [0.15, 0.2) is 11.5 Å². The van der Waals surface area contributed by atoms with Crippen LogP contribution in [0.3, 0.4) is 0 Å². The number of methoxy groups -OCH3 is 1. The average molecular weight is 417 g/mol. The molecule has 0 aliphatic carbocycles. The van der Waals surface area contributed by atoms with E-state index in [1.807, 2.05) is 12.1 Å². The monoisotopic (exact) mass is 416 g/mol. The molecular weight excluding hydrogens is 399 g/mol. The molecule has 0 atom stereocenters. The normalized spacial score (nSPS) is 10.4. The molecule has 29 heavy (non-hydrogen) atoms. The summed E-state index contributed by atoms with van der Waals surface area (Å²) in [6, 6.07) is 16.1. The topological polar surface area (TPSA) is 73.6 Å². The van der Waals surface area contributed by atoms with Gasteiger partial charge in [-0.15, -0.1) is 0 Å². The molecule has 0 spiro atoms. The number of halogens is 2. The zero-order valence-electron chi connectivity index (χ0n) is 15.5. The molecule has 0 heterocycles. The van der Waals surface area contributed by atoms with Gasteiger partial charge in [0.25, 0.3) is 5.69 Å². The van der Waals surface area contributed by atoms with Crippen LogP contribution in [0.25, 0.3) is 0 Å². The predicted molar refractivity (Wildman–Crippen MR) is 109 cm³/mol. The number of benzene rings is 3. The molecule has 0 unspecified atom stereocenters. The highest BCUT2D eigenvalue weighted by Crippen LogP contribution is 2.29. The van der Waals surface area contributed by atoms with E-state index in [4.69, 9.17) is 21.1 Å². The van der Waals surface area contributed by atoms with Gasteiger partial charge >= 0.3 is 0 Å². The van der Waals surface area contributed by atoms with Gasteiger partial charge in [-0.25, -0.2) is 4.39 Å². The molecule has 1 N–H and O–H groups in total. The number of anilines is 1. The second-order valence-electron chi connectivity index (χ2n) is 6.18. The maximum Gasteiger partial charge on any atom is 0.269 e. The summed E-state index contributed by atoms with van der Waals surface area (Å²) < 4.78 is 24.4. The minimum Gasteiger partial charge on any atom is -0.493 e. The minimum absolute atomic E-state index is 0.0330. The van der Waals surface area contributed by atoms with Crippen molar-refractivity contribution in [1.82, 2.24) is 0 Å². The quantitative estimate of drug-likeness (QED) is 0.383. The maximum atomic E-state index is 13.2. The first-order valence-corrected chi connectivity index (χ1v) is 9.06. The molecule has 0 amide bonds. The number of hydrogen-bond acceptors (Lipinski definition) is 5. The molecule has 0 bridgehead atoms. The molecule has 3 aromatic rings. The first-order valence-electron chi connectivity index (χ1n) is 8.68. The SMILES string of the molecule is COc1cc(CNc2ccc(F)c(Cl)c2)ccc1OCc1ccc([N+](=O)[O-])cc1. The molecule has 3 rings (SSSR count). The van der Waals surface area contributed by atoms with Crippen molar-refractivity contribution in [1.29, 1.82) is 0 Å². The van der Waals surface area contributed by atoms with Gasteiger partial charge < -0.3 is 14.8 Å². The van der Waals surface area contributed by atoms with Crippen LogP contribution in [0.1, 0.15) is 11.1 Å². The van der Waals surface area contributed by atoms with Crippen molar-refractivity contribution in [3.63, 3.8) is 0 Å². The van der Waals surface area contributed by atoms with E-state index in [1.165, 1.54) is 24.3 Å². The fraction of sp³-hybridized carbons (Fsp3) is 0.143. The summed E-state index contributed by atoms with van der Waals surface area (Å²) in [5, 5.41) is 13.9. The van der Waals surface area contributed by atoms with Crippen LogP contribution in [0, 0.1) is 15.9 Å². The van der Waals surface area contributed by atoms with Crippen LogP contribution in [-0.2, 0) is 13.2 Å². The second-order valence-corrected chi connectivity index (χ2v) is 6.59. The molecule has 8 heteroatoms. The second kappa shape index (κ2) is 9.25. The Labute approximate surface area is 172 Å². The van der Waals surface area contributed by atoms with E-state index in [9.17, 15) is 14.5 Å². The molecular formula is C21H18ClFN2O4. The van der Waals surface area contributed by atoms with E-state index in [1.54, 1.807) is 31.4 Å². The van der Waals surface area contributed by atoms with E-state index < -0.39 is 10.7 Å². The third-order valence-electron chi connectivity index (χ3n) is 4.19. The fourth-order valence-electron chi connectivity index (χ4n) is 2.63. The Morgan fingerprint density at radius 1 is 1.03 bits per heavy atom. The zero-order valence-corrected chi connectivity index (χ0v) is 16.3. The number of nitrogens with one attached hydrogen (secondary N) is 1. The Hall–Kier alpha value is -3.32. The fourth-order valence-corrected chi connectivity index (χ4v) is 2.81. The van der Waals surface area contributed by atoms with Gasteiger partial charge in [-0.05, 0) is 53.6 Å². The third kappa shape index (κ3) is 5.36. The molecule has 0 aliphatic rings. The van der Waals surface area contributed by atoms with Gasteiger partial charge in [0.2, 0.25) is 0 Å². The lowest BCUT2D eigenvalue weighted by molar-refractivity contribution is -0.384. The van der Waals surface area contributed by atoms with Crippen molar-refractivity contribution < 1.29 is 18.8 Å². The predicted octanol–water partition coefficient (Wildman–Crippen LogP) is 5.59. The Kier molecular flexibility index (Phi) is 6.51. The number of nitro groups is 1. The number of ether oxygens (including phenoxy) is 2. The van der Waals surface area contributed by atoms with Crippen molar-refractivity contribution in [3.8, 4) is 11.5 Å². The first-order chi connectivity index (χ1) is 14.0. The van der Waals surface area contributed by atoms with Crippen LogP contribution in [-0.4, -0.2) is 12.0 Å². The summed E-state index contributed by atoms with van der Waals surface area (Å²) in [5.41, 5.74) is 2.47. The minimum atomic E-state index is -0.464. The molecule has 0 aromatic heterocycles. The first kappa shape index (κ1) is 20.4. The van der Waals surface area contributed by atoms with Crippen molar-refractivity contribution in [2.75, 3.05) is 12.4 Å². The number of hydrogen-bond donors (Lipinski definition) is 1. The highest BCUT2D eigenvalue weighted by Gasteiger charge is 2.09. The number of nitrogens with zero attached hydrogens (tertiary/aromatic N) is 1. The maximum absolute atomic E-state index is 13.2. The van der Waals surface area contributed by atoms with Crippen LogP contribution < -0.4 is 14.8 Å². The lowest BCUT2D eigenvalue weighted by Crippen LogP contribution is -2.02. The Morgan fingerprint density at radius 3 is 2.41 bits per heavy atom. The summed E-state index contributed by atoms with van der Waals surface area (Å²) >= 11 is 5.79. The summed E-state index contributed by atoms with van der Waals surface area (Å²) in [6.45, 7) is 0.737. The molecule has 0 aliphatic heterocycles. The highest BCUT2D eigenvalue weighted by molar-refractivity contribution is 6.31. The lowest BCUT2D eigenvalue weighted by atomic mass is 10.2. The van der Waals surface area contributed by atoms with E-state index in [2.05, 4.69) is 5.32 Å². The van der Waals surface area contributed by atoms with Gasteiger partial charge in [0, 0.05) is 24.4 Å². The van der Waals surface area contributed by atoms with Crippen molar-refractivity contribution in [2.45, 2.75) is 13.2 Å². The number of rotatable bonds is 8. The van der Waals surface area contributed by atoms with Crippen molar-refractivity contribution in [2.24, 2.45) is 0 Å². The van der Waals surface area contributed by atoms with Gasteiger partial charge in [-0.1, -0.05) is 17.7 Å². The smallest absolute Gasteiger partial charge is 0.269 e. The van der Waals surface area contributed by atoms with Crippen molar-refractivity contribution in [3.05, 3.63) is 92.7 Å². The van der Waals surface area contributed by atoms with Gasteiger partial charge in [0.05, 0.1) is 17.1 Å². The van der Waals surface area contributed by atoms with Crippen LogP contribution in [0.5, 0.6) is 11.5 Å². The summed E-state index contributed by atoms with van der Waals surface area (Å²) in [7, 11) is 1.55. The summed E-state index contributed by atoms with van der Waals surface area (Å²) in [4.78, 5) is 10.3. The number of nitro benzene ring substituents is 1. The molecule has 3 aromatic carbocycles. The van der Waals surface area contributed by atoms with Crippen LogP contribution in [0.2, 0.25) is 5.02 Å². The Bertz CT molecular complexity index is 1010. The molecule has 150 valence electrons. The zero-order chi connectivity index (χ0) is 20.8. The van der Waals surface area contributed by atoms with Gasteiger partial charge in [0.1, 0.15) is 12.4 Å². The van der Waals surface area contributed by atoms with Gasteiger partial charge in [-0.3, -0.25) is 10.1 Å². The van der Waals surface area contributed by atoms with E-state index >= 15 is 0 Å². The van der Waals surface area contributed by atoms with E-state index in [0.29, 0.717) is 23.7 Å². The third-order valence-corrected chi connectivity index (χ3v) is 4.48. The highest BCUT2D eigenvalue weighted by atomic mass is 35.5. The van der Waals surface area contributed by atoms with Crippen molar-refractivity contribution >= 4 is 23.0 Å². The van der Waals surface area contributed by atoms with Crippen LogP contribution in [0.4, 0.5) is 15.8 Å². The molecule has 0 saturated carbocycles. The average Bonchev–Trinajstić information content (AvgIpc) is 2.73. The molecule has 0 saturated heterocycles. The van der Waals surface area contributed by atoms with E-state index in [0.717, 1.165) is 11.1 Å². The van der Waals surface area contributed by atoms with E-state index in [-0.39, 0.29) is 17.3 Å². The van der Waals surface area contributed by atoms with Crippen LogP contribution in [0.15, 0.2) is 60.7 Å². The lowest BCUT2D eigenvalue weighted by Gasteiger charge is -2.13. The largest absolute Gasteiger partial charge is 0.493 e. The number of non-ortho nitro benzene ring substituents is 1. The molecule has 0 fully saturated rings. The van der Waals surface area contributed by atoms with Gasteiger partial charge in [-0.2, -0.15) is 0 Å². The molecule has 0 radical (unpaired) electrons.